The van der Waals surface area contributed by atoms with Crippen molar-refractivity contribution in [2.24, 2.45) is 11.7 Å². The zero-order valence-electron chi connectivity index (χ0n) is 17.9. The Morgan fingerprint density at radius 3 is 2.59 bits per heavy atom. The molecule has 2 atom stereocenters. The molecule has 0 bridgehead atoms. The standard InChI is InChI=1S/C24H26FN5O2/c1-15(2)13-29-23(18(11-27)12-28)22(20-6-4-3-5-16(20)14-31)24(32)30-19-7-8-21(25)17(9-19)10-26/h3-9,11-12,14-15,22-23,27,29H,13,28H2,1-2H3,(H,30,32)/b18-12+,27-11?/t22-,23+/m1/s1. The van der Waals surface area contributed by atoms with Crippen molar-refractivity contribution in [1.29, 1.82) is 10.7 Å². The molecule has 0 aliphatic carbocycles. The smallest absolute Gasteiger partial charge is 0.233 e. The molecule has 0 aromatic heterocycles. The molecular weight excluding hydrogens is 409 g/mol. The van der Waals surface area contributed by atoms with Crippen LogP contribution < -0.4 is 16.4 Å². The first kappa shape index (κ1) is 24.4. The Morgan fingerprint density at radius 2 is 2.00 bits per heavy atom. The molecule has 0 saturated heterocycles. The van der Waals surface area contributed by atoms with E-state index >= 15 is 0 Å². The van der Waals surface area contributed by atoms with Crippen LogP contribution in [0.15, 0.2) is 54.2 Å². The molecule has 2 aromatic carbocycles. The van der Waals surface area contributed by atoms with Gasteiger partial charge >= 0.3 is 0 Å². The van der Waals surface area contributed by atoms with Gasteiger partial charge in [0, 0.05) is 29.2 Å². The second kappa shape index (κ2) is 11.5. The Bertz CT molecular complexity index is 1060. The van der Waals surface area contributed by atoms with Crippen LogP contribution in [-0.2, 0) is 4.79 Å². The number of hydrogen-bond donors (Lipinski definition) is 4. The normalized spacial score (nSPS) is 13.2. The SMILES string of the molecule is CC(C)CN[C@@H](/C(C=N)=C/N)[C@H](C(=O)Nc1ccc(F)c(C#N)c1)c1ccccc1C=O. The number of halogens is 1. The third kappa shape index (κ3) is 5.86. The Labute approximate surface area is 186 Å². The summed E-state index contributed by atoms with van der Waals surface area (Å²) in [5.41, 5.74) is 6.92. The van der Waals surface area contributed by atoms with Gasteiger partial charge in [-0.1, -0.05) is 38.1 Å². The Morgan fingerprint density at radius 1 is 1.28 bits per heavy atom. The number of nitrogens with zero attached hydrogens (tertiary/aromatic N) is 1. The fraction of sp³-hybridized carbons (Fsp3) is 0.250. The number of nitriles is 1. The summed E-state index contributed by atoms with van der Waals surface area (Å²) in [7, 11) is 0. The first-order chi connectivity index (χ1) is 15.4. The highest BCUT2D eigenvalue weighted by molar-refractivity contribution is 5.99. The number of anilines is 1. The summed E-state index contributed by atoms with van der Waals surface area (Å²) < 4.78 is 13.7. The van der Waals surface area contributed by atoms with Crippen molar-refractivity contribution in [3.63, 3.8) is 0 Å². The monoisotopic (exact) mass is 435 g/mol. The highest BCUT2D eigenvalue weighted by Crippen LogP contribution is 2.28. The van der Waals surface area contributed by atoms with Crippen molar-refractivity contribution >= 4 is 24.1 Å². The van der Waals surface area contributed by atoms with E-state index in [0.29, 0.717) is 29.5 Å². The van der Waals surface area contributed by atoms with Crippen LogP contribution in [0.1, 0.15) is 41.3 Å². The average Bonchev–Trinajstić information content (AvgIpc) is 2.79. The zero-order valence-corrected chi connectivity index (χ0v) is 17.9. The van der Waals surface area contributed by atoms with Crippen molar-refractivity contribution in [2.75, 3.05) is 11.9 Å². The number of hydrogen-bond acceptors (Lipinski definition) is 6. The molecule has 2 rings (SSSR count). The predicted molar refractivity (Wildman–Crippen MR) is 122 cm³/mol. The van der Waals surface area contributed by atoms with E-state index in [1.165, 1.54) is 18.3 Å². The molecule has 0 radical (unpaired) electrons. The number of rotatable bonds is 10. The molecule has 0 heterocycles. The van der Waals surface area contributed by atoms with E-state index in [-0.39, 0.29) is 17.2 Å². The van der Waals surface area contributed by atoms with Crippen LogP contribution in [0.5, 0.6) is 0 Å². The van der Waals surface area contributed by atoms with Crippen LogP contribution in [0, 0.1) is 28.5 Å². The minimum Gasteiger partial charge on any atom is -0.404 e. The van der Waals surface area contributed by atoms with Gasteiger partial charge in [-0.25, -0.2) is 4.39 Å². The van der Waals surface area contributed by atoms with Gasteiger partial charge < -0.3 is 21.8 Å². The van der Waals surface area contributed by atoms with Crippen LogP contribution in [0.4, 0.5) is 10.1 Å². The Hall–Kier alpha value is -3.83. The minimum atomic E-state index is -0.942. The number of aldehydes is 1. The molecule has 32 heavy (non-hydrogen) atoms. The molecule has 2 aromatic rings. The van der Waals surface area contributed by atoms with E-state index in [0.717, 1.165) is 12.3 Å². The molecule has 166 valence electrons. The molecule has 0 saturated carbocycles. The van der Waals surface area contributed by atoms with Gasteiger partial charge in [0.05, 0.1) is 17.5 Å². The summed E-state index contributed by atoms with van der Waals surface area (Å²) in [6.45, 7) is 4.52. The maximum absolute atomic E-state index is 13.7. The summed E-state index contributed by atoms with van der Waals surface area (Å²) in [6.07, 6.45) is 2.98. The maximum atomic E-state index is 13.7. The van der Waals surface area contributed by atoms with Crippen LogP contribution >= 0.6 is 0 Å². The number of carbonyl (C=O) groups is 2. The molecule has 5 N–H and O–H groups in total. The summed E-state index contributed by atoms with van der Waals surface area (Å²) in [4.78, 5) is 25.2. The zero-order chi connectivity index (χ0) is 23.7. The predicted octanol–water partition coefficient (Wildman–Crippen LogP) is 3.34. The first-order valence-corrected chi connectivity index (χ1v) is 10.1. The van der Waals surface area contributed by atoms with E-state index < -0.39 is 23.7 Å². The fourth-order valence-electron chi connectivity index (χ4n) is 3.31. The lowest BCUT2D eigenvalue weighted by molar-refractivity contribution is -0.118. The molecule has 0 fully saturated rings. The molecule has 8 heteroatoms. The third-order valence-corrected chi connectivity index (χ3v) is 4.89. The first-order valence-electron chi connectivity index (χ1n) is 10.1. The van der Waals surface area contributed by atoms with Gasteiger partial charge in [0.2, 0.25) is 5.91 Å². The van der Waals surface area contributed by atoms with Crippen molar-refractivity contribution < 1.29 is 14.0 Å². The van der Waals surface area contributed by atoms with Crippen LogP contribution in [-0.4, -0.2) is 31.0 Å². The van der Waals surface area contributed by atoms with Gasteiger partial charge in [0.1, 0.15) is 18.2 Å². The van der Waals surface area contributed by atoms with Crippen LogP contribution in [0.3, 0.4) is 0 Å². The van der Waals surface area contributed by atoms with Crippen molar-refractivity contribution in [3.8, 4) is 6.07 Å². The van der Waals surface area contributed by atoms with Crippen molar-refractivity contribution in [3.05, 3.63) is 76.7 Å². The Kier molecular flexibility index (Phi) is 8.81. The van der Waals surface area contributed by atoms with Crippen molar-refractivity contribution in [1.82, 2.24) is 5.32 Å². The van der Waals surface area contributed by atoms with E-state index in [9.17, 15) is 14.0 Å². The minimum absolute atomic E-state index is 0.204. The summed E-state index contributed by atoms with van der Waals surface area (Å²) in [5.74, 6) is -1.90. The van der Waals surface area contributed by atoms with E-state index in [1.54, 1.807) is 30.3 Å². The lowest BCUT2D eigenvalue weighted by atomic mass is 9.83. The topological polar surface area (TPSA) is 132 Å². The second-order valence-electron chi connectivity index (χ2n) is 7.61. The molecule has 0 spiro atoms. The summed E-state index contributed by atoms with van der Waals surface area (Å²) in [6, 6.07) is 11.4. The highest BCUT2D eigenvalue weighted by atomic mass is 19.1. The third-order valence-electron chi connectivity index (χ3n) is 4.89. The van der Waals surface area contributed by atoms with Gasteiger partial charge in [-0.3, -0.25) is 9.59 Å². The molecule has 0 unspecified atom stereocenters. The number of benzene rings is 2. The Balaban J connectivity index is 2.58. The van der Waals surface area contributed by atoms with Gasteiger partial charge in [-0.05, 0) is 36.2 Å². The largest absolute Gasteiger partial charge is 0.404 e. The van der Waals surface area contributed by atoms with E-state index in [4.69, 9.17) is 16.4 Å². The molecule has 7 nitrogen and oxygen atoms in total. The highest BCUT2D eigenvalue weighted by Gasteiger charge is 2.33. The van der Waals surface area contributed by atoms with Crippen LogP contribution in [0.25, 0.3) is 0 Å². The van der Waals surface area contributed by atoms with E-state index in [2.05, 4.69) is 10.6 Å². The maximum Gasteiger partial charge on any atom is 0.233 e. The van der Waals surface area contributed by atoms with Gasteiger partial charge in [0.25, 0.3) is 0 Å². The molecule has 0 aliphatic rings. The number of carbonyl (C=O) groups excluding carboxylic acids is 2. The van der Waals surface area contributed by atoms with Gasteiger partial charge in [0.15, 0.2) is 0 Å². The van der Waals surface area contributed by atoms with Gasteiger partial charge in [-0.15, -0.1) is 0 Å². The summed E-state index contributed by atoms with van der Waals surface area (Å²) >= 11 is 0. The molecule has 1 amide bonds. The fourth-order valence-corrected chi connectivity index (χ4v) is 3.31. The lowest BCUT2D eigenvalue weighted by Gasteiger charge is -2.30. The number of amides is 1. The second-order valence-corrected chi connectivity index (χ2v) is 7.61. The summed E-state index contributed by atoms with van der Waals surface area (Å²) in [5, 5.41) is 22.8. The molecular formula is C24H26FN5O2. The lowest BCUT2D eigenvalue weighted by Crippen LogP contribution is -2.44. The average molecular weight is 436 g/mol. The number of nitrogens with two attached hydrogens (primary N) is 1. The van der Waals surface area contributed by atoms with Gasteiger partial charge in [-0.2, -0.15) is 5.26 Å². The van der Waals surface area contributed by atoms with E-state index in [1.807, 2.05) is 13.8 Å². The number of nitrogens with one attached hydrogen (secondary N) is 3. The molecule has 0 aliphatic heterocycles. The van der Waals surface area contributed by atoms with Crippen molar-refractivity contribution in [2.45, 2.75) is 25.8 Å². The quantitative estimate of drug-likeness (QED) is 0.336. The van der Waals surface area contributed by atoms with Crippen LogP contribution in [0.2, 0.25) is 0 Å².